The monoisotopic (exact) mass is 662 g/mol. The third-order valence-corrected chi connectivity index (χ3v) is 7.30. The smallest absolute Gasteiger partial charge is 0.339 e. The van der Waals surface area contributed by atoms with Crippen LogP contribution < -0.4 is 0 Å². The van der Waals surface area contributed by atoms with Crippen LogP contribution in [0.3, 0.4) is 0 Å². The summed E-state index contributed by atoms with van der Waals surface area (Å²) < 4.78 is 4.42. The first-order valence-corrected chi connectivity index (χ1v) is 12.1. The molecular formula is C31H37IrN2O2+. The van der Waals surface area contributed by atoms with Gasteiger partial charge in [0.05, 0.1) is 0 Å². The summed E-state index contributed by atoms with van der Waals surface area (Å²) >= 11 is 0. The summed E-state index contributed by atoms with van der Waals surface area (Å²) in [6.07, 6.45) is 2.15. The molecule has 1 aromatic heterocycles. The number of nitrogens with zero attached hydrogens (tertiary/aromatic N) is 2. The average Bonchev–Trinajstić information content (AvgIpc) is 3.14. The van der Waals surface area contributed by atoms with Crippen LogP contribution in [0.2, 0.25) is 0 Å². The number of carboxylic acid groups (broad SMARTS) is 1. The SMILES string of the molecule is CC(C)(C)C(O)=[OH+].Cn1[cH+]n(-c2[c-]cc3c(c2)C(C)(C)c2ccccc2C3(C)C)c2ccccc21.[Ir]. The largest absolute Gasteiger partial charge is 0.485 e. The van der Waals surface area contributed by atoms with E-state index in [9.17, 15) is 0 Å². The number of benzene rings is 3. The predicted octanol–water partition coefficient (Wildman–Crippen LogP) is 7.11. The summed E-state index contributed by atoms with van der Waals surface area (Å²) in [5.74, 6) is -0.507. The Morgan fingerprint density at radius 2 is 1.33 bits per heavy atom. The molecule has 0 atom stereocenters. The molecule has 1 aliphatic carbocycles. The number of hydrogen-bond acceptors (Lipinski definition) is 0. The Balaban J connectivity index is 0.000000400. The summed E-state index contributed by atoms with van der Waals surface area (Å²) in [5, 5.41) is 8.36. The van der Waals surface area contributed by atoms with E-state index in [1.807, 2.05) is 0 Å². The van der Waals surface area contributed by atoms with Gasteiger partial charge in [-0.1, -0.05) is 58.0 Å². The molecule has 0 aliphatic heterocycles. The van der Waals surface area contributed by atoms with Crippen molar-refractivity contribution in [1.29, 1.82) is 0 Å². The van der Waals surface area contributed by atoms with Crippen molar-refractivity contribution in [2.24, 2.45) is 12.5 Å². The van der Waals surface area contributed by atoms with Gasteiger partial charge < -0.3 is 9.90 Å². The van der Waals surface area contributed by atoms with Gasteiger partial charge in [0.1, 0.15) is 5.41 Å². The van der Waals surface area contributed by atoms with Crippen LogP contribution in [0.4, 0.5) is 0 Å². The Kier molecular flexibility index (Phi) is 7.43. The maximum absolute atomic E-state index is 8.36. The minimum Gasteiger partial charge on any atom is -0.339 e. The van der Waals surface area contributed by atoms with Gasteiger partial charge >= 0.3 is 5.97 Å². The number of para-hydroxylation sites is 2. The average molecular weight is 662 g/mol. The fourth-order valence-electron chi connectivity index (χ4n) is 4.97. The van der Waals surface area contributed by atoms with Crippen LogP contribution in [-0.2, 0) is 38.0 Å². The molecule has 0 amide bonds. The van der Waals surface area contributed by atoms with Crippen molar-refractivity contribution >= 4 is 17.0 Å². The van der Waals surface area contributed by atoms with Crippen LogP contribution in [-0.4, -0.2) is 25.0 Å². The van der Waals surface area contributed by atoms with E-state index in [2.05, 4.69) is 117 Å². The first kappa shape index (κ1) is 27.8. The molecule has 3 aromatic carbocycles. The van der Waals surface area contributed by atoms with Gasteiger partial charge in [-0.3, -0.25) is 0 Å². The van der Waals surface area contributed by atoms with E-state index in [-0.39, 0.29) is 30.9 Å². The van der Waals surface area contributed by atoms with E-state index < -0.39 is 11.4 Å². The van der Waals surface area contributed by atoms with Crippen LogP contribution in [0.25, 0.3) is 16.7 Å². The van der Waals surface area contributed by atoms with Crippen molar-refractivity contribution in [1.82, 2.24) is 9.13 Å². The molecule has 0 unspecified atom stereocenters. The van der Waals surface area contributed by atoms with Crippen LogP contribution in [0, 0.1) is 11.5 Å². The van der Waals surface area contributed by atoms with Gasteiger partial charge in [-0.05, 0) is 54.9 Å². The summed E-state index contributed by atoms with van der Waals surface area (Å²) in [5.41, 5.74) is 8.59. The zero-order chi connectivity index (χ0) is 25.8. The second-order valence-electron chi connectivity index (χ2n) is 11.6. The Hall–Kier alpha value is -2.75. The van der Waals surface area contributed by atoms with Crippen molar-refractivity contribution in [2.75, 3.05) is 0 Å². The Morgan fingerprint density at radius 3 is 1.86 bits per heavy atom. The molecule has 1 heterocycles. The molecule has 5 rings (SSSR count). The zero-order valence-electron chi connectivity index (χ0n) is 22.5. The summed E-state index contributed by atoms with van der Waals surface area (Å²) in [7, 11) is 2.10. The third-order valence-electron chi connectivity index (χ3n) is 7.30. The topological polar surface area (TPSA) is 51.5 Å². The molecule has 36 heavy (non-hydrogen) atoms. The standard InChI is InChI=1S/C26H26N2.C5H10O2.Ir/c1-25(2)19-10-6-7-11-20(19)26(3,4)22-16-18(14-15-21(22)25)28-17-27(5)23-12-8-9-13-24(23)28;1-5(2,3)4(6)7;/h6-13,15-17H,1-5H3;1-3H3,(H,6,7);/p+1. The van der Waals surface area contributed by atoms with Crippen LogP contribution in [0.5, 0.6) is 0 Å². The number of rotatable bonds is 1. The first-order chi connectivity index (χ1) is 16.3. The summed E-state index contributed by atoms with van der Waals surface area (Å²) in [6.45, 7) is 14.5. The molecule has 0 spiro atoms. The van der Waals surface area contributed by atoms with E-state index in [0.717, 1.165) is 5.69 Å². The number of fused-ring (bicyclic) bond motifs is 3. The maximum Gasteiger partial charge on any atom is 0.485 e. The number of imidazole rings is 1. The van der Waals surface area contributed by atoms with E-state index in [4.69, 9.17) is 9.90 Å². The van der Waals surface area contributed by atoms with E-state index in [0.29, 0.717) is 0 Å². The van der Waals surface area contributed by atoms with Gasteiger partial charge in [0, 0.05) is 45.0 Å². The zero-order valence-corrected chi connectivity index (χ0v) is 24.9. The molecule has 0 saturated carbocycles. The number of hydrogen-bond donors (Lipinski definition) is 1. The van der Waals surface area contributed by atoms with Crippen molar-refractivity contribution in [2.45, 2.75) is 59.3 Å². The van der Waals surface area contributed by atoms with Gasteiger partial charge in [-0.15, -0.1) is 17.2 Å². The summed E-state index contributed by atoms with van der Waals surface area (Å²) in [6, 6.07) is 25.6. The van der Waals surface area contributed by atoms with Gasteiger partial charge in [0.2, 0.25) is 0 Å². The minimum atomic E-state index is -0.507. The molecule has 1 aliphatic rings. The van der Waals surface area contributed by atoms with Gasteiger partial charge in [0.25, 0.3) is 0 Å². The van der Waals surface area contributed by atoms with Crippen LogP contribution in [0.1, 0.15) is 70.7 Å². The van der Waals surface area contributed by atoms with Crippen molar-refractivity contribution in [3.63, 3.8) is 0 Å². The number of aliphatic carboxylic acids is 1. The molecule has 0 fully saturated rings. The van der Waals surface area contributed by atoms with Gasteiger partial charge in [-0.25, -0.2) is 9.13 Å². The molecule has 1 radical (unpaired) electrons. The predicted molar refractivity (Wildman–Crippen MR) is 145 cm³/mol. The van der Waals surface area contributed by atoms with Gasteiger partial charge in [-0.2, -0.15) is 6.07 Å². The second-order valence-corrected chi connectivity index (χ2v) is 11.6. The Bertz CT molecular complexity index is 1420. The van der Waals surface area contributed by atoms with E-state index >= 15 is 0 Å². The number of aliphatic hydroxyl groups excluding tert-OH is 1. The number of aromatic nitrogens is 2. The number of aryl methyl sites for hydroxylation is 1. The fourth-order valence-corrected chi connectivity index (χ4v) is 4.97. The van der Waals surface area contributed by atoms with Crippen molar-refractivity contribution in [3.05, 3.63) is 95.3 Å². The molecule has 0 saturated heterocycles. The second kappa shape index (κ2) is 9.61. The molecule has 0 bridgehead atoms. The fraction of sp³-hybridized carbons (Fsp3) is 0.355. The Labute approximate surface area is 228 Å². The van der Waals surface area contributed by atoms with E-state index in [1.54, 1.807) is 20.8 Å². The molecule has 2 N–H and O–H groups in total. The normalized spacial score (nSPS) is 15.1. The van der Waals surface area contributed by atoms with E-state index in [1.165, 1.54) is 33.3 Å². The molecular weight excluding hydrogens is 625 g/mol. The third kappa shape index (κ3) is 4.67. The van der Waals surface area contributed by atoms with Crippen molar-refractivity contribution < 1.29 is 30.0 Å². The first-order valence-electron chi connectivity index (χ1n) is 12.1. The molecule has 4 aromatic rings. The molecule has 191 valence electrons. The van der Waals surface area contributed by atoms with Crippen LogP contribution in [0.15, 0.2) is 67.0 Å². The van der Waals surface area contributed by atoms with Crippen LogP contribution >= 0.6 is 0 Å². The minimum absolute atomic E-state index is 0. The molecule has 5 heteroatoms. The van der Waals surface area contributed by atoms with Crippen molar-refractivity contribution in [3.8, 4) is 5.69 Å². The maximum atomic E-state index is 8.36. The summed E-state index contributed by atoms with van der Waals surface area (Å²) in [4.78, 5) is 8.36. The quantitative estimate of drug-likeness (QED) is 0.172. The number of carboxylic acids is 1. The van der Waals surface area contributed by atoms with Gasteiger partial charge in [0.15, 0.2) is 17.4 Å². The Morgan fingerprint density at radius 1 is 0.861 bits per heavy atom. The molecule has 4 nitrogen and oxygen atoms in total.